The molecular formula is C25H31N3O4S. The normalized spacial score (nSPS) is 17.9. The van der Waals surface area contributed by atoms with Gasteiger partial charge < -0.3 is 10.2 Å². The van der Waals surface area contributed by atoms with Gasteiger partial charge in [-0.05, 0) is 56.0 Å². The van der Waals surface area contributed by atoms with Gasteiger partial charge in [0.25, 0.3) is 11.8 Å². The molecule has 2 aromatic rings. The Labute approximate surface area is 195 Å². The van der Waals surface area contributed by atoms with E-state index < -0.39 is 15.9 Å². The molecule has 2 aromatic carbocycles. The van der Waals surface area contributed by atoms with Gasteiger partial charge in [0.2, 0.25) is 10.0 Å². The summed E-state index contributed by atoms with van der Waals surface area (Å²) in [5.74, 6) is -0.531. The molecule has 0 aliphatic carbocycles. The van der Waals surface area contributed by atoms with Gasteiger partial charge in [-0.3, -0.25) is 9.59 Å². The van der Waals surface area contributed by atoms with Crippen molar-refractivity contribution in [3.8, 4) is 0 Å². The third kappa shape index (κ3) is 5.45. The fourth-order valence-corrected chi connectivity index (χ4v) is 6.03. The Morgan fingerprint density at radius 2 is 1.39 bits per heavy atom. The Balaban J connectivity index is 1.53. The van der Waals surface area contributed by atoms with Gasteiger partial charge in [-0.25, -0.2) is 8.42 Å². The van der Waals surface area contributed by atoms with Crippen molar-refractivity contribution >= 4 is 27.5 Å². The van der Waals surface area contributed by atoms with Crippen LogP contribution in [-0.2, 0) is 10.0 Å². The summed E-state index contributed by atoms with van der Waals surface area (Å²) < 4.78 is 27.5. The quantitative estimate of drug-likeness (QED) is 0.713. The van der Waals surface area contributed by atoms with E-state index >= 15 is 0 Å². The predicted molar refractivity (Wildman–Crippen MR) is 128 cm³/mol. The number of rotatable bonds is 5. The molecule has 0 saturated carbocycles. The zero-order chi connectivity index (χ0) is 23.3. The second kappa shape index (κ2) is 10.5. The standard InChI is InChI=1S/C25H31N3O4S/c29-24(20-11-10-12-21(19-20)33(31,32)28-17-8-3-9-18-28)26-23-14-5-4-13-22(23)25(30)27-15-6-1-2-7-16-27/h4-5,10-14,19H,1-3,6-9,15-18H2,(H,26,29). The van der Waals surface area contributed by atoms with Crippen molar-refractivity contribution in [2.24, 2.45) is 0 Å². The molecule has 2 amide bonds. The highest BCUT2D eigenvalue weighted by Crippen LogP contribution is 2.23. The van der Waals surface area contributed by atoms with Crippen molar-refractivity contribution < 1.29 is 18.0 Å². The van der Waals surface area contributed by atoms with Crippen LogP contribution in [0.1, 0.15) is 65.7 Å². The summed E-state index contributed by atoms with van der Waals surface area (Å²) in [5, 5.41) is 2.83. The highest BCUT2D eigenvalue weighted by molar-refractivity contribution is 7.89. The number of likely N-dealkylation sites (tertiary alicyclic amines) is 1. The van der Waals surface area contributed by atoms with Crippen molar-refractivity contribution in [1.82, 2.24) is 9.21 Å². The Bertz CT molecular complexity index is 1100. The number of para-hydroxylation sites is 1. The molecule has 176 valence electrons. The maximum atomic E-state index is 13.1. The van der Waals surface area contributed by atoms with Crippen LogP contribution in [0.25, 0.3) is 0 Å². The number of carbonyl (C=O) groups is 2. The van der Waals surface area contributed by atoms with E-state index in [1.807, 2.05) is 4.90 Å². The summed E-state index contributed by atoms with van der Waals surface area (Å²) >= 11 is 0. The summed E-state index contributed by atoms with van der Waals surface area (Å²) in [6, 6.07) is 13.1. The molecule has 0 bridgehead atoms. The van der Waals surface area contributed by atoms with Gasteiger partial charge in [0.1, 0.15) is 0 Å². The van der Waals surface area contributed by atoms with Crippen LogP contribution in [0.2, 0.25) is 0 Å². The van der Waals surface area contributed by atoms with E-state index in [9.17, 15) is 18.0 Å². The average Bonchev–Trinajstić information content (AvgIpc) is 3.14. The van der Waals surface area contributed by atoms with Gasteiger partial charge in [-0.15, -0.1) is 0 Å². The summed E-state index contributed by atoms with van der Waals surface area (Å²) in [6.45, 7) is 2.45. The fourth-order valence-electron chi connectivity index (χ4n) is 4.47. The average molecular weight is 470 g/mol. The lowest BCUT2D eigenvalue weighted by Gasteiger charge is -2.26. The van der Waals surface area contributed by atoms with Crippen LogP contribution >= 0.6 is 0 Å². The number of nitrogens with one attached hydrogen (secondary N) is 1. The molecule has 8 heteroatoms. The minimum atomic E-state index is -3.64. The maximum Gasteiger partial charge on any atom is 0.255 e. The summed E-state index contributed by atoms with van der Waals surface area (Å²) in [6.07, 6.45) is 6.95. The predicted octanol–water partition coefficient (Wildman–Crippen LogP) is 4.13. The molecule has 2 heterocycles. The zero-order valence-electron chi connectivity index (χ0n) is 18.8. The maximum absolute atomic E-state index is 13.1. The third-order valence-corrected chi connectivity index (χ3v) is 8.24. The minimum absolute atomic E-state index is 0.0887. The number of sulfonamides is 1. The molecule has 0 spiro atoms. The van der Waals surface area contributed by atoms with Crippen LogP contribution < -0.4 is 5.32 Å². The monoisotopic (exact) mass is 469 g/mol. The van der Waals surface area contributed by atoms with Crippen LogP contribution in [-0.4, -0.2) is 55.6 Å². The fraction of sp³-hybridized carbons (Fsp3) is 0.440. The molecule has 4 rings (SSSR count). The minimum Gasteiger partial charge on any atom is -0.339 e. The second-order valence-electron chi connectivity index (χ2n) is 8.70. The van der Waals surface area contributed by atoms with Gasteiger partial charge >= 0.3 is 0 Å². The molecule has 7 nitrogen and oxygen atoms in total. The largest absolute Gasteiger partial charge is 0.339 e. The van der Waals surface area contributed by atoms with E-state index in [1.54, 1.807) is 36.4 Å². The summed E-state index contributed by atoms with van der Waals surface area (Å²) in [7, 11) is -3.64. The van der Waals surface area contributed by atoms with Crippen LogP contribution in [0.4, 0.5) is 5.69 Å². The van der Waals surface area contributed by atoms with Crippen LogP contribution in [0.3, 0.4) is 0 Å². The zero-order valence-corrected chi connectivity index (χ0v) is 19.6. The number of piperidine rings is 1. The Morgan fingerprint density at radius 1 is 0.758 bits per heavy atom. The highest BCUT2D eigenvalue weighted by atomic mass is 32.2. The molecule has 1 N–H and O–H groups in total. The first-order chi connectivity index (χ1) is 16.0. The van der Waals surface area contributed by atoms with E-state index in [4.69, 9.17) is 0 Å². The molecule has 2 aliphatic rings. The molecular weight excluding hydrogens is 438 g/mol. The number of benzene rings is 2. The number of amides is 2. The van der Waals surface area contributed by atoms with Crippen molar-refractivity contribution in [2.75, 3.05) is 31.5 Å². The van der Waals surface area contributed by atoms with E-state index in [2.05, 4.69) is 5.32 Å². The first-order valence-corrected chi connectivity index (χ1v) is 13.2. The Kier molecular flexibility index (Phi) is 7.45. The third-order valence-electron chi connectivity index (χ3n) is 6.35. The number of hydrogen-bond donors (Lipinski definition) is 1. The highest BCUT2D eigenvalue weighted by Gasteiger charge is 2.27. The van der Waals surface area contributed by atoms with E-state index in [-0.39, 0.29) is 16.4 Å². The number of hydrogen-bond acceptors (Lipinski definition) is 4. The molecule has 0 unspecified atom stereocenters. The van der Waals surface area contributed by atoms with E-state index in [0.717, 1.165) is 58.0 Å². The molecule has 0 atom stereocenters. The second-order valence-corrected chi connectivity index (χ2v) is 10.6. The van der Waals surface area contributed by atoms with Crippen molar-refractivity contribution in [1.29, 1.82) is 0 Å². The van der Waals surface area contributed by atoms with Crippen molar-refractivity contribution in [3.05, 3.63) is 59.7 Å². The van der Waals surface area contributed by atoms with Gasteiger partial charge in [0.05, 0.1) is 16.1 Å². The van der Waals surface area contributed by atoms with Crippen LogP contribution in [0.15, 0.2) is 53.4 Å². The van der Waals surface area contributed by atoms with Crippen molar-refractivity contribution in [3.63, 3.8) is 0 Å². The number of nitrogens with zero attached hydrogens (tertiary/aromatic N) is 2. The molecule has 33 heavy (non-hydrogen) atoms. The SMILES string of the molecule is O=C(Nc1ccccc1C(=O)N1CCCCCC1)c1cccc(S(=O)(=O)N2CCCCC2)c1. The molecule has 0 radical (unpaired) electrons. The Morgan fingerprint density at radius 3 is 2.12 bits per heavy atom. The lowest BCUT2D eigenvalue weighted by molar-refractivity contribution is 0.0762. The molecule has 2 fully saturated rings. The molecule has 0 aromatic heterocycles. The first-order valence-electron chi connectivity index (χ1n) is 11.8. The first kappa shape index (κ1) is 23.4. The number of anilines is 1. The van der Waals surface area contributed by atoms with Gasteiger partial charge in [-0.2, -0.15) is 4.31 Å². The lowest BCUT2D eigenvalue weighted by Crippen LogP contribution is -2.35. The van der Waals surface area contributed by atoms with E-state index in [0.29, 0.717) is 24.3 Å². The van der Waals surface area contributed by atoms with Gasteiger partial charge in [-0.1, -0.05) is 37.5 Å². The molecule has 2 aliphatic heterocycles. The van der Waals surface area contributed by atoms with E-state index in [1.165, 1.54) is 16.4 Å². The van der Waals surface area contributed by atoms with Gasteiger partial charge in [0, 0.05) is 31.7 Å². The summed E-state index contributed by atoms with van der Waals surface area (Å²) in [5.41, 5.74) is 1.12. The van der Waals surface area contributed by atoms with Crippen LogP contribution in [0, 0.1) is 0 Å². The molecule has 2 saturated heterocycles. The Hall–Kier alpha value is -2.71. The van der Waals surface area contributed by atoms with Crippen LogP contribution in [0.5, 0.6) is 0 Å². The smallest absolute Gasteiger partial charge is 0.255 e. The van der Waals surface area contributed by atoms with Crippen molar-refractivity contribution in [2.45, 2.75) is 49.8 Å². The number of carbonyl (C=O) groups excluding carboxylic acids is 2. The van der Waals surface area contributed by atoms with Gasteiger partial charge in [0.15, 0.2) is 0 Å². The lowest BCUT2D eigenvalue weighted by atomic mass is 10.1. The summed E-state index contributed by atoms with van der Waals surface area (Å²) in [4.78, 5) is 28.1. The topological polar surface area (TPSA) is 86.8 Å².